The molecule has 0 bridgehead atoms. The third-order valence-corrected chi connectivity index (χ3v) is 6.97. The van der Waals surface area contributed by atoms with Crippen molar-refractivity contribution in [3.63, 3.8) is 0 Å². The van der Waals surface area contributed by atoms with Crippen molar-refractivity contribution in [1.29, 1.82) is 0 Å². The van der Waals surface area contributed by atoms with Crippen LogP contribution in [0.2, 0.25) is 0 Å². The van der Waals surface area contributed by atoms with Gasteiger partial charge in [-0.25, -0.2) is 9.18 Å². The number of nitrogens with two attached hydrogens (primary N) is 1. The number of ether oxygens (including phenoxy) is 1. The SMILES string of the molecule is Nc1c(F)c(NCCCC(=O)c2ccccn2)c2c3c1c(=O)c(C(=O)O)cn3C1(CCCC1)CO2. The standard InChI is InChI=1S/C25H25FN4O5/c26-18-19(27)17-21-23(20(18)29-11-5-7-16(31)15-6-1-4-10-28-15)35-13-25(8-2-3-9-25)30(21)12-14(22(17)32)24(33)34/h1,4,6,10,12,29H,2-3,5,7-9,11,13,27H2,(H,33,34). The number of carboxylic acids is 1. The first-order valence-corrected chi connectivity index (χ1v) is 11.6. The number of aromatic carboxylic acids is 1. The van der Waals surface area contributed by atoms with E-state index in [0.717, 1.165) is 25.7 Å². The number of Topliss-reactive ketones (excluding diaryl/α,β-unsaturated/α-hetero) is 1. The van der Waals surface area contributed by atoms with Crippen LogP contribution in [-0.4, -0.2) is 39.6 Å². The number of carbonyl (C=O) groups is 2. The predicted octanol–water partition coefficient (Wildman–Crippen LogP) is 3.55. The van der Waals surface area contributed by atoms with E-state index >= 15 is 4.39 Å². The summed E-state index contributed by atoms with van der Waals surface area (Å²) < 4.78 is 23.3. The van der Waals surface area contributed by atoms with E-state index in [-0.39, 0.29) is 42.2 Å². The first-order chi connectivity index (χ1) is 16.8. The van der Waals surface area contributed by atoms with Crippen LogP contribution in [0.5, 0.6) is 5.75 Å². The lowest BCUT2D eigenvalue weighted by Crippen LogP contribution is -2.42. The number of benzene rings is 1. The van der Waals surface area contributed by atoms with Gasteiger partial charge in [0.15, 0.2) is 17.3 Å². The van der Waals surface area contributed by atoms with Crippen molar-refractivity contribution in [2.45, 2.75) is 44.1 Å². The second kappa shape index (κ2) is 8.68. The van der Waals surface area contributed by atoms with Gasteiger partial charge in [0.1, 0.15) is 23.6 Å². The predicted molar refractivity (Wildman–Crippen MR) is 128 cm³/mol. The first kappa shape index (κ1) is 22.8. The molecule has 1 saturated carbocycles. The average molecular weight is 480 g/mol. The fourth-order valence-electron chi connectivity index (χ4n) is 5.19. The molecule has 0 amide bonds. The Morgan fingerprint density at radius 1 is 1.29 bits per heavy atom. The molecule has 35 heavy (non-hydrogen) atoms. The van der Waals surface area contributed by atoms with Gasteiger partial charge >= 0.3 is 5.97 Å². The van der Waals surface area contributed by atoms with E-state index in [1.54, 1.807) is 29.0 Å². The van der Waals surface area contributed by atoms with Crippen molar-refractivity contribution in [2.75, 3.05) is 24.2 Å². The molecule has 1 spiro atoms. The summed E-state index contributed by atoms with van der Waals surface area (Å²) in [6.07, 6.45) is 6.87. The average Bonchev–Trinajstić information content (AvgIpc) is 3.33. The van der Waals surface area contributed by atoms with E-state index in [1.165, 1.54) is 6.20 Å². The lowest BCUT2D eigenvalue weighted by molar-refractivity contribution is 0.0692. The van der Waals surface area contributed by atoms with E-state index < -0.39 is 34.0 Å². The summed E-state index contributed by atoms with van der Waals surface area (Å²) in [7, 11) is 0. The molecule has 0 saturated heterocycles. The molecule has 0 unspecified atom stereocenters. The number of rotatable bonds is 7. The quantitative estimate of drug-likeness (QED) is 0.265. The smallest absolute Gasteiger partial charge is 0.341 e. The summed E-state index contributed by atoms with van der Waals surface area (Å²) in [6, 6.07) is 5.10. The van der Waals surface area contributed by atoms with Gasteiger partial charge in [-0.2, -0.15) is 0 Å². The Bertz CT molecular complexity index is 1400. The molecule has 3 heterocycles. The van der Waals surface area contributed by atoms with Crippen LogP contribution in [0.15, 0.2) is 35.4 Å². The summed E-state index contributed by atoms with van der Waals surface area (Å²) in [5, 5.41) is 12.4. The molecule has 182 valence electrons. The highest BCUT2D eigenvalue weighted by molar-refractivity contribution is 6.03. The molecule has 2 aliphatic rings. The summed E-state index contributed by atoms with van der Waals surface area (Å²) in [5.41, 5.74) is 4.54. The molecule has 9 nitrogen and oxygen atoms in total. The molecule has 1 aliphatic carbocycles. The van der Waals surface area contributed by atoms with Gasteiger partial charge in [0.25, 0.3) is 0 Å². The molecule has 0 radical (unpaired) electrons. The van der Waals surface area contributed by atoms with Crippen LogP contribution in [0, 0.1) is 5.82 Å². The Morgan fingerprint density at radius 2 is 2.06 bits per heavy atom. The van der Waals surface area contributed by atoms with Crippen LogP contribution in [0.4, 0.5) is 15.8 Å². The number of hydrogen-bond donors (Lipinski definition) is 3. The highest BCUT2D eigenvalue weighted by Crippen LogP contribution is 2.48. The van der Waals surface area contributed by atoms with Crippen LogP contribution in [-0.2, 0) is 5.54 Å². The number of carboxylic acid groups (broad SMARTS) is 1. The van der Waals surface area contributed by atoms with E-state index in [2.05, 4.69) is 10.3 Å². The molecular formula is C25H25FN4O5. The maximum absolute atomic E-state index is 15.4. The number of halogens is 1. The molecule has 2 aromatic heterocycles. The molecule has 3 aromatic rings. The van der Waals surface area contributed by atoms with Crippen LogP contribution in [0.1, 0.15) is 59.4 Å². The Morgan fingerprint density at radius 3 is 2.74 bits per heavy atom. The molecule has 1 aliphatic heterocycles. The summed E-state index contributed by atoms with van der Waals surface area (Å²) in [4.78, 5) is 41.2. The Kier molecular flexibility index (Phi) is 5.66. The zero-order valence-electron chi connectivity index (χ0n) is 19.0. The number of pyridine rings is 2. The van der Waals surface area contributed by atoms with Gasteiger partial charge in [0.2, 0.25) is 5.43 Å². The van der Waals surface area contributed by atoms with Gasteiger partial charge in [-0.1, -0.05) is 18.9 Å². The minimum Gasteiger partial charge on any atom is -0.487 e. The number of hydrogen-bond acceptors (Lipinski definition) is 7. The summed E-state index contributed by atoms with van der Waals surface area (Å²) in [5.74, 6) is -2.26. The normalized spacial score (nSPS) is 15.8. The monoisotopic (exact) mass is 480 g/mol. The van der Waals surface area contributed by atoms with Gasteiger partial charge in [-0.3, -0.25) is 14.6 Å². The number of nitrogen functional groups attached to an aromatic ring is 1. The molecular weight excluding hydrogens is 455 g/mol. The van der Waals surface area contributed by atoms with Gasteiger partial charge in [0, 0.05) is 25.4 Å². The van der Waals surface area contributed by atoms with Crippen LogP contribution < -0.4 is 21.2 Å². The third-order valence-electron chi connectivity index (χ3n) is 6.97. The van der Waals surface area contributed by atoms with Crippen molar-refractivity contribution in [3.8, 4) is 5.75 Å². The molecule has 1 fully saturated rings. The zero-order valence-corrected chi connectivity index (χ0v) is 19.0. The van der Waals surface area contributed by atoms with Crippen molar-refractivity contribution >= 4 is 34.0 Å². The Balaban J connectivity index is 1.53. The zero-order chi connectivity index (χ0) is 24.7. The van der Waals surface area contributed by atoms with E-state index in [0.29, 0.717) is 17.6 Å². The number of ketones is 1. The van der Waals surface area contributed by atoms with Crippen molar-refractivity contribution < 1.29 is 23.8 Å². The molecule has 10 heteroatoms. The Labute approximate surface area is 199 Å². The highest BCUT2D eigenvalue weighted by Gasteiger charge is 2.43. The lowest BCUT2D eigenvalue weighted by Gasteiger charge is -2.39. The second-order valence-corrected chi connectivity index (χ2v) is 9.09. The fraction of sp³-hybridized carbons (Fsp3) is 0.360. The van der Waals surface area contributed by atoms with Crippen LogP contribution >= 0.6 is 0 Å². The Hall–Kier alpha value is -3.95. The summed E-state index contributed by atoms with van der Waals surface area (Å²) in [6.45, 7) is 0.479. The number of aromatic nitrogens is 2. The molecule has 5 rings (SSSR count). The van der Waals surface area contributed by atoms with Crippen LogP contribution in [0.3, 0.4) is 0 Å². The lowest BCUT2D eigenvalue weighted by atomic mass is 9.93. The number of fused-ring (bicyclic) bond motifs is 1. The first-order valence-electron chi connectivity index (χ1n) is 11.6. The van der Waals surface area contributed by atoms with Crippen molar-refractivity contribution in [1.82, 2.24) is 9.55 Å². The van der Waals surface area contributed by atoms with Crippen LogP contribution in [0.25, 0.3) is 10.9 Å². The van der Waals surface area contributed by atoms with Crippen molar-refractivity contribution in [2.24, 2.45) is 0 Å². The topological polar surface area (TPSA) is 137 Å². The van der Waals surface area contributed by atoms with Crippen molar-refractivity contribution in [3.05, 3.63) is 57.9 Å². The maximum atomic E-state index is 15.4. The van der Waals surface area contributed by atoms with Gasteiger partial charge in [0.05, 0.1) is 22.1 Å². The third kappa shape index (κ3) is 3.69. The van der Waals surface area contributed by atoms with E-state index in [4.69, 9.17) is 10.5 Å². The molecule has 4 N–H and O–H groups in total. The number of anilines is 2. The minimum absolute atomic E-state index is 0.00403. The second-order valence-electron chi connectivity index (χ2n) is 9.09. The molecule has 1 aromatic carbocycles. The number of nitrogens with zero attached hydrogens (tertiary/aromatic N) is 2. The van der Waals surface area contributed by atoms with Gasteiger partial charge in [-0.15, -0.1) is 0 Å². The van der Waals surface area contributed by atoms with Gasteiger partial charge in [-0.05, 0) is 31.4 Å². The minimum atomic E-state index is -1.39. The van der Waals surface area contributed by atoms with E-state index in [9.17, 15) is 19.5 Å². The number of carbonyl (C=O) groups excluding carboxylic acids is 1. The summed E-state index contributed by atoms with van der Waals surface area (Å²) >= 11 is 0. The van der Waals surface area contributed by atoms with Gasteiger partial charge < -0.3 is 25.5 Å². The highest BCUT2D eigenvalue weighted by atomic mass is 19.1. The number of nitrogens with one attached hydrogen (secondary N) is 1. The largest absolute Gasteiger partial charge is 0.487 e. The fourth-order valence-corrected chi connectivity index (χ4v) is 5.19. The molecule has 0 atom stereocenters. The maximum Gasteiger partial charge on any atom is 0.341 e. The van der Waals surface area contributed by atoms with E-state index in [1.807, 2.05) is 0 Å².